The molecule has 0 bridgehead atoms. The van der Waals surface area contributed by atoms with Crippen molar-refractivity contribution < 1.29 is 4.42 Å². The molecular formula is C46H34N2O. The Morgan fingerprint density at radius 1 is 0.449 bits per heavy atom. The van der Waals surface area contributed by atoms with Crippen molar-refractivity contribution in [1.29, 1.82) is 0 Å². The van der Waals surface area contributed by atoms with Gasteiger partial charge in [0.2, 0.25) is 0 Å². The zero-order valence-electron chi connectivity index (χ0n) is 28.0. The van der Waals surface area contributed by atoms with Gasteiger partial charge in [-0.15, -0.1) is 0 Å². The first-order valence-corrected chi connectivity index (χ1v) is 17.1. The summed E-state index contributed by atoms with van der Waals surface area (Å²) < 4.78 is 6.45. The van der Waals surface area contributed by atoms with Gasteiger partial charge in [-0.25, -0.2) is 9.97 Å². The average Bonchev–Trinajstić information content (AvgIpc) is 3.70. The van der Waals surface area contributed by atoms with Crippen molar-refractivity contribution in [1.82, 2.24) is 9.97 Å². The van der Waals surface area contributed by atoms with Gasteiger partial charge in [0.05, 0.1) is 0 Å². The van der Waals surface area contributed by atoms with Gasteiger partial charge < -0.3 is 4.42 Å². The first kappa shape index (κ1) is 28.2. The predicted octanol–water partition coefficient (Wildman–Crippen LogP) is 12.0. The van der Waals surface area contributed by atoms with E-state index >= 15 is 0 Å². The van der Waals surface area contributed by atoms with E-state index in [1.165, 1.54) is 50.1 Å². The standard InChI is InChI=1S/C46H34N2O/c1-45(2)36-19-10-8-17-31(36)34-25-39-35(26-38(34)45)33-24-29(21-22-37(33)46(39,3)4)28-15-12-16-30(23-28)41-43-42(32-18-9-11-20-40(32)49-43)48-44(47-41)27-13-6-5-7-14-27/h5-26H,1-4H3. The van der Waals surface area contributed by atoms with E-state index in [1.807, 2.05) is 36.4 Å². The second-order valence-electron chi connectivity index (χ2n) is 14.6. The maximum absolute atomic E-state index is 6.45. The molecule has 2 aliphatic carbocycles. The number of hydrogen-bond acceptors (Lipinski definition) is 3. The van der Waals surface area contributed by atoms with Crippen LogP contribution in [0.4, 0.5) is 0 Å². The summed E-state index contributed by atoms with van der Waals surface area (Å²) in [5, 5.41) is 0.993. The molecule has 2 heterocycles. The van der Waals surface area contributed by atoms with Gasteiger partial charge in [0.25, 0.3) is 0 Å². The van der Waals surface area contributed by atoms with Gasteiger partial charge in [0, 0.05) is 27.3 Å². The fraction of sp³-hybridized carbons (Fsp3) is 0.130. The van der Waals surface area contributed by atoms with Gasteiger partial charge in [-0.05, 0) is 92.0 Å². The molecule has 49 heavy (non-hydrogen) atoms. The third-order valence-electron chi connectivity index (χ3n) is 11.1. The van der Waals surface area contributed by atoms with Crippen molar-refractivity contribution >= 4 is 22.1 Å². The quantitative estimate of drug-likeness (QED) is 0.195. The molecule has 3 nitrogen and oxygen atoms in total. The van der Waals surface area contributed by atoms with Gasteiger partial charge in [0.1, 0.15) is 16.8 Å². The molecule has 6 aromatic carbocycles. The number of rotatable bonds is 3. The summed E-state index contributed by atoms with van der Waals surface area (Å²) in [4.78, 5) is 10.2. The van der Waals surface area contributed by atoms with Crippen LogP contribution in [0.2, 0.25) is 0 Å². The van der Waals surface area contributed by atoms with Crippen molar-refractivity contribution in [2.45, 2.75) is 38.5 Å². The highest BCUT2D eigenvalue weighted by Gasteiger charge is 2.41. The zero-order valence-corrected chi connectivity index (χ0v) is 28.0. The first-order chi connectivity index (χ1) is 23.8. The minimum atomic E-state index is -0.0938. The van der Waals surface area contributed by atoms with E-state index in [2.05, 4.69) is 125 Å². The number of furan rings is 1. The lowest BCUT2D eigenvalue weighted by atomic mass is 9.79. The second kappa shape index (κ2) is 9.87. The average molecular weight is 631 g/mol. The van der Waals surface area contributed by atoms with Gasteiger partial charge in [-0.1, -0.05) is 125 Å². The Morgan fingerprint density at radius 3 is 1.88 bits per heavy atom. The van der Waals surface area contributed by atoms with Crippen LogP contribution < -0.4 is 0 Å². The number of para-hydroxylation sites is 1. The van der Waals surface area contributed by atoms with Crippen molar-refractivity contribution in [3.63, 3.8) is 0 Å². The summed E-state index contributed by atoms with van der Waals surface area (Å²) in [5.41, 5.74) is 18.4. The fourth-order valence-electron chi connectivity index (χ4n) is 8.47. The van der Waals surface area contributed by atoms with E-state index in [1.54, 1.807) is 0 Å². The van der Waals surface area contributed by atoms with Crippen LogP contribution in [-0.4, -0.2) is 9.97 Å². The maximum atomic E-state index is 6.45. The van der Waals surface area contributed by atoms with E-state index in [9.17, 15) is 0 Å². The van der Waals surface area contributed by atoms with Gasteiger partial charge >= 0.3 is 0 Å². The van der Waals surface area contributed by atoms with Crippen LogP contribution in [0.1, 0.15) is 49.9 Å². The highest BCUT2D eigenvalue weighted by atomic mass is 16.3. The highest BCUT2D eigenvalue weighted by molar-refractivity contribution is 6.07. The molecule has 0 saturated carbocycles. The SMILES string of the molecule is CC1(C)c2ccccc2-c2cc3c(cc21)-c1cc(-c2cccc(-c4nc(-c5ccccc5)nc5c4oc4ccccc45)c2)ccc1C3(C)C. The number of fused-ring (bicyclic) bond motifs is 9. The minimum Gasteiger partial charge on any atom is -0.452 e. The smallest absolute Gasteiger partial charge is 0.180 e. The normalized spacial score (nSPS) is 14.9. The third-order valence-corrected chi connectivity index (χ3v) is 11.1. The summed E-state index contributed by atoms with van der Waals surface area (Å²) >= 11 is 0. The molecule has 0 unspecified atom stereocenters. The molecule has 0 N–H and O–H groups in total. The highest BCUT2D eigenvalue weighted by Crippen LogP contribution is 2.56. The predicted molar refractivity (Wildman–Crippen MR) is 201 cm³/mol. The van der Waals surface area contributed by atoms with Crippen LogP contribution in [0.5, 0.6) is 0 Å². The Morgan fingerprint density at radius 2 is 1.06 bits per heavy atom. The molecule has 0 fully saturated rings. The summed E-state index contributed by atoms with van der Waals surface area (Å²) in [7, 11) is 0. The zero-order chi connectivity index (χ0) is 33.1. The maximum Gasteiger partial charge on any atom is 0.180 e. The number of hydrogen-bond donors (Lipinski definition) is 0. The van der Waals surface area contributed by atoms with Crippen molar-refractivity contribution in [2.75, 3.05) is 0 Å². The largest absolute Gasteiger partial charge is 0.452 e. The summed E-state index contributed by atoms with van der Waals surface area (Å²) in [5.74, 6) is 0.689. The molecule has 0 radical (unpaired) electrons. The van der Waals surface area contributed by atoms with Crippen molar-refractivity contribution in [3.05, 3.63) is 156 Å². The molecule has 0 spiro atoms. The van der Waals surface area contributed by atoms with Crippen LogP contribution >= 0.6 is 0 Å². The Kier molecular flexibility index (Phi) is 5.69. The van der Waals surface area contributed by atoms with Gasteiger partial charge in [0.15, 0.2) is 11.4 Å². The topological polar surface area (TPSA) is 38.9 Å². The number of nitrogens with zero attached hydrogens (tertiary/aromatic N) is 2. The second-order valence-corrected chi connectivity index (χ2v) is 14.6. The van der Waals surface area contributed by atoms with Crippen LogP contribution in [0.25, 0.3) is 78.1 Å². The van der Waals surface area contributed by atoms with Crippen molar-refractivity contribution in [3.8, 4) is 56.0 Å². The van der Waals surface area contributed by atoms with E-state index in [4.69, 9.17) is 14.4 Å². The van der Waals surface area contributed by atoms with Crippen LogP contribution in [0.3, 0.4) is 0 Å². The minimum absolute atomic E-state index is 0.0437. The lowest BCUT2D eigenvalue weighted by Gasteiger charge is -2.24. The Labute approximate surface area is 285 Å². The van der Waals surface area contributed by atoms with E-state index < -0.39 is 0 Å². The number of aromatic nitrogens is 2. The summed E-state index contributed by atoms with van der Waals surface area (Å²) in [6, 6.07) is 47.9. The lowest BCUT2D eigenvalue weighted by molar-refractivity contribution is 0.652. The monoisotopic (exact) mass is 630 g/mol. The molecule has 0 amide bonds. The Bertz CT molecular complexity index is 2660. The summed E-state index contributed by atoms with van der Waals surface area (Å²) in [6.07, 6.45) is 0. The van der Waals surface area contributed by atoms with Crippen LogP contribution in [0, 0.1) is 0 Å². The molecule has 0 atom stereocenters. The third kappa shape index (κ3) is 3.96. The van der Waals surface area contributed by atoms with E-state index in [0.29, 0.717) is 11.4 Å². The fourth-order valence-corrected chi connectivity index (χ4v) is 8.47. The molecule has 3 heteroatoms. The molecule has 2 aliphatic rings. The Balaban J connectivity index is 1.13. The van der Waals surface area contributed by atoms with Crippen molar-refractivity contribution in [2.24, 2.45) is 0 Å². The van der Waals surface area contributed by atoms with Crippen LogP contribution in [-0.2, 0) is 10.8 Å². The lowest BCUT2D eigenvalue weighted by Crippen LogP contribution is -2.16. The molecule has 10 rings (SSSR count). The summed E-state index contributed by atoms with van der Waals surface area (Å²) in [6.45, 7) is 9.47. The van der Waals surface area contributed by atoms with Gasteiger partial charge in [-0.3, -0.25) is 0 Å². The van der Waals surface area contributed by atoms with Crippen LogP contribution in [0.15, 0.2) is 138 Å². The Hall–Kier alpha value is -5.80. The molecule has 234 valence electrons. The van der Waals surface area contributed by atoms with Gasteiger partial charge in [-0.2, -0.15) is 0 Å². The molecule has 2 aromatic heterocycles. The molecule has 0 aliphatic heterocycles. The molecular weight excluding hydrogens is 597 g/mol. The number of benzene rings is 6. The van der Waals surface area contributed by atoms with E-state index in [-0.39, 0.29) is 10.8 Å². The first-order valence-electron chi connectivity index (χ1n) is 17.1. The molecule has 0 saturated heterocycles. The van der Waals surface area contributed by atoms with E-state index in [0.717, 1.165) is 38.9 Å². The molecule has 8 aromatic rings.